The van der Waals surface area contributed by atoms with Gasteiger partial charge in [-0.15, -0.1) is 0 Å². The summed E-state index contributed by atoms with van der Waals surface area (Å²) >= 11 is 0. The molecule has 3 nitrogen and oxygen atoms in total. The Kier molecular flexibility index (Phi) is 5.90. The molecule has 0 atom stereocenters. The third-order valence-corrected chi connectivity index (χ3v) is 7.42. The van der Waals surface area contributed by atoms with E-state index in [0.717, 1.165) is 10.4 Å². The minimum absolute atomic E-state index is 0.292. The molecule has 0 saturated carbocycles. The molecule has 0 spiro atoms. The molecule has 1 N–H and O–H groups in total. The Balaban J connectivity index is 2.13. The average molecular weight is 326 g/mol. The van der Waals surface area contributed by atoms with E-state index in [2.05, 4.69) is 6.58 Å². The first-order valence-corrected chi connectivity index (χ1v) is 9.85. The Morgan fingerprint density at radius 1 is 1.04 bits per heavy atom. The number of hydrogen-bond acceptors (Lipinski definition) is 3. The van der Waals surface area contributed by atoms with Gasteiger partial charge in [0.25, 0.3) is 8.32 Å². The van der Waals surface area contributed by atoms with Crippen molar-refractivity contribution in [2.45, 2.75) is 19.4 Å². The van der Waals surface area contributed by atoms with Gasteiger partial charge in [0.2, 0.25) is 0 Å². The number of hydrogen-bond donors (Lipinski definition) is 1. The number of carbonyl (C=O) groups is 1. The minimum Gasteiger partial charge on any atom is -0.462 e. The van der Waals surface area contributed by atoms with E-state index in [9.17, 15) is 9.59 Å². The first-order valence-electron chi connectivity index (χ1n) is 7.70. The largest absolute Gasteiger partial charge is 0.462 e. The van der Waals surface area contributed by atoms with Crippen LogP contribution in [0, 0.1) is 0 Å². The first-order chi connectivity index (χ1) is 11.0. The van der Waals surface area contributed by atoms with Gasteiger partial charge in [-0.2, -0.15) is 0 Å². The maximum Gasteiger partial charge on any atom is 0.333 e. The van der Waals surface area contributed by atoms with Crippen molar-refractivity contribution >= 4 is 24.7 Å². The van der Waals surface area contributed by atoms with Gasteiger partial charge in [-0.1, -0.05) is 67.2 Å². The molecule has 4 heteroatoms. The van der Waals surface area contributed by atoms with E-state index < -0.39 is 8.32 Å². The van der Waals surface area contributed by atoms with E-state index in [-0.39, 0.29) is 5.97 Å². The molecule has 0 radical (unpaired) electrons. The Morgan fingerprint density at radius 2 is 1.52 bits per heavy atom. The molecule has 0 bridgehead atoms. The molecular formula is C19H22O3Si. The van der Waals surface area contributed by atoms with Crippen molar-refractivity contribution in [3.8, 4) is 0 Å². The van der Waals surface area contributed by atoms with Crippen LogP contribution >= 0.6 is 0 Å². The van der Waals surface area contributed by atoms with Crippen molar-refractivity contribution in [2.75, 3.05) is 6.61 Å². The molecule has 0 fully saturated rings. The van der Waals surface area contributed by atoms with Crippen LogP contribution in [0.4, 0.5) is 0 Å². The van der Waals surface area contributed by atoms with Gasteiger partial charge < -0.3 is 9.53 Å². The lowest BCUT2D eigenvalue weighted by Gasteiger charge is -2.26. The first kappa shape index (κ1) is 17.2. The van der Waals surface area contributed by atoms with Crippen LogP contribution in [0.1, 0.15) is 13.3 Å². The van der Waals surface area contributed by atoms with Crippen molar-refractivity contribution in [1.82, 2.24) is 0 Å². The van der Waals surface area contributed by atoms with Crippen molar-refractivity contribution in [1.29, 1.82) is 0 Å². The Bertz CT molecular complexity index is 613. The fourth-order valence-electron chi connectivity index (χ4n) is 2.50. The standard InChI is InChI=1S/C19H22O3Si/c1-16(2)19(20)22-14-9-15-23(21,17-10-5-3-6-11-17)18-12-7-4-8-13-18/h3-8,10-13,21H,1,9,14-15H2,2H3. The third kappa shape index (κ3) is 4.40. The number of ether oxygens (including phenoxy) is 1. The SMILES string of the molecule is C=C(C)C(=O)OCCC[Si](O)(c1ccccc1)c1ccccc1. The van der Waals surface area contributed by atoms with E-state index >= 15 is 0 Å². The molecule has 0 amide bonds. The summed E-state index contributed by atoms with van der Waals surface area (Å²) in [4.78, 5) is 22.8. The smallest absolute Gasteiger partial charge is 0.333 e. The number of benzene rings is 2. The molecule has 2 aromatic carbocycles. The summed E-state index contributed by atoms with van der Waals surface area (Å²) in [6.07, 6.45) is 0.617. The molecule has 120 valence electrons. The lowest BCUT2D eigenvalue weighted by molar-refractivity contribution is -0.138. The van der Waals surface area contributed by atoms with Crippen LogP contribution < -0.4 is 10.4 Å². The quantitative estimate of drug-likeness (QED) is 0.367. The summed E-state index contributed by atoms with van der Waals surface area (Å²) in [5.41, 5.74) is 0.392. The maximum atomic E-state index is 11.4. The zero-order valence-electron chi connectivity index (χ0n) is 13.4. The van der Waals surface area contributed by atoms with Gasteiger partial charge in [0, 0.05) is 5.57 Å². The Hall–Kier alpha value is -2.17. The number of esters is 1. The molecule has 0 heterocycles. The fraction of sp³-hybridized carbons (Fsp3) is 0.211. The second kappa shape index (κ2) is 7.90. The van der Waals surface area contributed by atoms with Gasteiger partial charge in [-0.3, -0.25) is 0 Å². The highest BCUT2D eigenvalue weighted by atomic mass is 28.4. The molecule has 0 aliphatic carbocycles. The summed E-state index contributed by atoms with van der Waals surface area (Å²) in [5, 5.41) is 1.94. The predicted octanol–water partition coefficient (Wildman–Crippen LogP) is 2.25. The summed E-state index contributed by atoms with van der Waals surface area (Å²) < 4.78 is 5.14. The highest BCUT2D eigenvalue weighted by Crippen LogP contribution is 2.11. The summed E-state index contributed by atoms with van der Waals surface area (Å²) in [6.45, 7) is 5.48. The average Bonchev–Trinajstić information content (AvgIpc) is 2.59. The van der Waals surface area contributed by atoms with E-state index in [4.69, 9.17) is 4.74 Å². The molecule has 0 aliphatic rings. The van der Waals surface area contributed by atoms with Crippen LogP contribution in [0.15, 0.2) is 72.8 Å². The van der Waals surface area contributed by atoms with Crippen LogP contribution in [-0.2, 0) is 9.53 Å². The topological polar surface area (TPSA) is 46.5 Å². The zero-order chi connectivity index (χ0) is 16.7. The van der Waals surface area contributed by atoms with E-state index in [1.165, 1.54) is 0 Å². The number of rotatable bonds is 7. The monoisotopic (exact) mass is 326 g/mol. The highest BCUT2D eigenvalue weighted by Gasteiger charge is 2.35. The van der Waals surface area contributed by atoms with E-state index in [1.54, 1.807) is 6.92 Å². The van der Waals surface area contributed by atoms with Crippen molar-refractivity contribution in [3.05, 3.63) is 72.8 Å². The lowest BCUT2D eigenvalue weighted by atomic mass is 10.4. The summed E-state index contributed by atoms with van der Waals surface area (Å²) in [6, 6.07) is 20.1. The van der Waals surface area contributed by atoms with Gasteiger partial charge in [0.05, 0.1) is 6.61 Å². The molecule has 0 aromatic heterocycles. The molecule has 23 heavy (non-hydrogen) atoms. The second-order valence-electron chi connectivity index (χ2n) is 5.61. The van der Waals surface area contributed by atoms with Gasteiger partial charge in [0.15, 0.2) is 0 Å². The predicted molar refractivity (Wildman–Crippen MR) is 95.3 cm³/mol. The summed E-state index contributed by atoms with van der Waals surface area (Å²) in [7, 11) is -2.81. The van der Waals surface area contributed by atoms with Gasteiger partial charge in [-0.25, -0.2) is 4.79 Å². The van der Waals surface area contributed by atoms with Gasteiger partial charge in [0.1, 0.15) is 0 Å². The third-order valence-electron chi connectivity index (χ3n) is 3.77. The molecule has 2 rings (SSSR count). The van der Waals surface area contributed by atoms with Crippen molar-refractivity contribution < 1.29 is 14.3 Å². The van der Waals surface area contributed by atoms with Crippen molar-refractivity contribution in [3.63, 3.8) is 0 Å². The molecule has 0 unspecified atom stereocenters. The maximum absolute atomic E-state index is 11.4. The van der Waals surface area contributed by atoms with E-state index in [1.807, 2.05) is 60.7 Å². The van der Waals surface area contributed by atoms with Crippen LogP contribution in [0.5, 0.6) is 0 Å². The van der Waals surface area contributed by atoms with Crippen LogP contribution in [-0.4, -0.2) is 25.7 Å². The van der Waals surface area contributed by atoms with Crippen molar-refractivity contribution in [2.24, 2.45) is 0 Å². The molecule has 0 aliphatic heterocycles. The van der Waals surface area contributed by atoms with Gasteiger partial charge in [-0.05, 0) is 29.8 Å². The minimum atomic E-state index is -2.81. The van der Waals surface area contributed by atoms with Crippen LogP contribution in [0.2, 0.25) is 6.04 Å². The zero-order valence-corrected chi connectivity index (χ0v) is 14.4. The van der Waals surface area contributed by atoms with Crippen LogP contribution in [0.3, 0.4) is 0 Å². The Labute approximate surface area is 138 Å². The lowest BCUT2D eigenvalue weighted by Crippen LogP contribution is -2.58. The van der Waals surface area contributed by atoms with E-state index in [0.29, 0.717) is 24.6 Å². The fourth-order valence-corrected chi connectivity index (χ4v) is 5.55. The second-order valence-corrected chi connectivity index (χ2v) is 8.99. The molecule has 2 aromatic rings. The van der Waals surface area contributed by atoms with Crippen LogP contribution in [0.25, 0.3) is 0 Å². The highest BCUT2D eigenvalue weighted by molar-refractivity contribution is 6.96. The van der Waals surface area contributed by atoms with Gasteiger partial charge >= 0.3 is 5.97 Å². The Morgan fingerprint density at radius 3 is 1.96 bits per heavy atom. The normalized spacial score (nSPS) is 11.0. The molecule has 0 saturated heterocycles. The molecular weight excluding hydrogens is 304 g/mol. The number of carbonyl (C=O) groups excluding carboxylic acids is 1. The summed E-state index contributed by atoms with van der Waals surface area (Å²) in [5.74, 6) is -0.380.